The Labute approximate surface area is 201 Å². The molecule has 2 aliphatic rings. The van der Waals surface area contributed by atoms with Crippen molar-refractivity contribution in [2.45, 2.75) is 25.4 Å². The van der Waals surface area contributed by atoms with E-state index < -0.39 is 22.9 Å². The third kappa shape index (κ3) is 4.00. The van der Waals surface area contributed by atoms with Gasteiger partial charge in [0.05, 0.1) is 11.3 Å². The summed E-state index contributed by atoms with van der Waals surface area (Å²) in [5.41, 5.74) is -0.782. The number of nitrogens with zero attached hydrogens (tertiary/aromatic N) is 5. The second-order valence-electron chi connectivity index (χ2n) is 9.09. The van der Waals surface area contributed by atoms with Crippen LogP contribution in [0, 0.1) is 23.0 Å². The molecule has 0 saturated carbocycles. The third-order valence-electron chi connectivity index (χ3n) is 7.00. The Kier molecular flexibility index (Phi) is 6.13. The standard InChI is InChI=1S/C25H26F2N6O2/c1-31-9-3-4-15(31)14-33-24-16(23(17(13-28)25(33)35)32-10-7-29-8-11-32)12-19(27)22(30-24)21-18(26)5-2-6-20(21)34/h2,5-6,12,15,29,34H,3-4,7-11,14H2,1H3/t15-/m0/s1. The lowest BCUT2D eigenvalue weighted by Crippen LogP contribution is -2.45. The molecular formula is C25H26F2N6O2. The van der Waals surface area contributed by atoms with Crippen molar-refractivity contribution >= 4 is 16.7 Å². The summed E-state index contributed by atoms with van der Waals surface area (Å²) in [6, 6.07) is 7.00. The molecule has 0 amide bonds. The molecule has 35 heavy (non-hydrogen) atoms. The SMILES string of the molecule is CN1CCC[C@H]1Cn1c(=O)c(C#N)c(N2CCNCC2)c2cc(F)c(-c3c(O)cccc3F)nc21. The van der Waals surface area contributed by atoms with E-state index in [1.807, 2.05) is 11.9 Å². The van der Waals surface area contributed by atoms with Gasteiger partial charge < -0.3 is 20.2 Å². The summed E-state index contributed by atoms with van der Waals surface area (Å²) in [4.78, 5) is 22.1. The highest BCUT2D eigenvalue weighted by Gasteiger charge is 2.29. The van der Waals surface area contributed by atoms with Crippen molar-refractivity contribution in [2.24, 2.45) is 0 Å². The van der Waals surface area contributed by atoms with Crippen LogP contribution in [-0.4, -0.2) is 65.4 Å². The third-order valence-corrected chi connectivity index (χ3v) is 7.00. The van der Waals surface area contributed by atoms with Crippen LogP contribution in [0.15, 0.2) is 29.1 Å². The summed E-state index contributed by atoms with van der Waals surface area (Å²) in [5.74, 6) is -2.12. The molecule has 2 aromatic heterocycles. The number of nitriles is 1. The summed E-state index contributed by atoms with van der Waals surface area (Å²) in [6.45, 7) is 3.53. The molecule has 182 valence electrons. The van der Waals surface area contributed by atoms with Crippen molar-refractivity contribution in [1.29, 1.82) is 5.26 Å². The van der Waals surface area contributed by atoms with Gasteiger partial charge in [-0.25, -0.2) is 13.8 Å². The van der Waals surface area contributed by atoms with Crippen LogP contribution in [0.3, 0.4) is 0 Å². The van der Waals surface area contributed by atoms with Crippen LogP contribution in [0.4, 0.5) is 14.5 Å². The van der Waals surface area contributed by atoms with E-state index in [0.717, 1.165) is 25.5 Å². The molecule has 2 fully saturated rings. The van der Waals surface area contributed by atoms with Crippen molar-refractivity contribution in [3.05, 3.63) is 51.8 Å². The molecule has 1 aromatic carbocycles. The normalized spacial score (nSPS) is 18.8. The van der Waals surface area contributed by atoms with E-state index in [1.54, 1.807) is 0 Å². The first kappa shape index (κ1) is 23.2. The Morgan fingerprint density at radius 1 is 1.23 bits per heavy atom. The number of piperazine rings is 1. The van der Waals surface area contributed by atoms with Crippen LogP contribution in [0.2, 0.25) is 0 Å². The highest BCUT2D eigenvalue weighted by Crippen LogP contribution is 2.36. The molecule has 0 radical (unpaired) electrons. The fourth-order valence-electron chi connectivity index (χ4n) is 5.16. The molecule has 0 bridgehead atoms. The molecule has 5 rings (SSSR count). The van der Waals surface area contributed by atoms with Crippen LogP contribution in [0.25, 0.3) is 22.3 Å². The average molecular weight is 481 g/mol. The van der Waals surface area contributed by atoms with Crippen LogP contribution in [0.5, 0.6) is 5.75 Å². The van der Waals surface area contributed by atoms with Gasteiger partial charge in [-0.1, -0.05) is 6.07 Å². The number of phenolic OH excluding ortho intramolecular Hbond substituents is 1. The van der Waals surface area contributed by atoms with E-state index in [-0.39, 0.29) is 35.1 Å². The smallest absolute Gasteiger partial charge is 0.272 e. The number of anilines is 1. The molecule has 0 spiro atoms. The van der Waals surface area contributed by atoms with Gasteiger partial charge >= 0.3 is 0 Å². The lowest BCUT2D eigenvalue weighted by molar-refractivity contribution is 0.282. The van der Waals surface area contributed by atoms with Gasteiger partial charge in [-0.05, 0) is 44.6 Å². The first-order valence-corrected chi connectivity index (χ1v) is 11.7. The van der Waals surface area contributed by atoms with Gasteiger partial charge in [0, 0.05) is 44.2 Å². The number of phenols is 1. The minimum Gasteiger partial charge on any atom is -0.507 e. The number of aromatic nitrogens is 2. The molecule has 2 saturated heterocycles. The number of hydrogen-bond acceptors (Lipinski definition) is 7. The van der Waals surface area contributed by atoms with Gasteiger partial charge in [0.15, 0.2) is 5.82 Å². The minimum absolute atomic E-state index is 0.0460. The Bertz CT molecular complexity index is 1370. The maximum Gasteiger partial charge on any atom is 0.272 e. The maximum absolute atomic E-state index is 15.5. The summed E-state index contributed by atoms with van der Waals surface area (Å²) < 4.78 is 31.6. The number of hydrogen-bond donors (Lipinski definition) is 2. The Morgan fingerprint density at radius 2 is 2.00 bits per heavy atom. The van der Waals surface area contributed by atoms with Gasteiger partial charge in [0.25, 0.3) is 5.56 Å². The van der Waals surface area contributed by atoms with Crippen LogP contribution in [-0.2, 0) is 6.54 Å². The van der Waals surface area contributed by atoms with E-state index in [2.05, 4.69) is 21.3 Å². The van der Waals surface area contributed by atoms with Crippen LogP contribution in [0.1, 0.15) is 18.4 Å². The molecule has 4 heterocycles. The number of rotatable bonds is 4. The number of nitrogens with one attached hydrogen (secondary N) is 1. The number of halogens is 2. The van der Waals surface area contributed by atoms with E-state index >= 15 is 4.39 Å². The fourth-order valence-corrected chi connectivity index (χ4v) is 5.16. The lowest BCUT2D eigenvalue weighted by Gasteiger charge is -2.31. The Balaban J connectivity index is 1.82. The molecule has 2 aliphatic heterocycles. The number of likely N-dealkylation sites (N-methyl/N-ethyl adjacent to an activating group) is 1. The highest BCUT2D eigenvalue weighted by atomic mass is 19.1. The molecule has 1 atom stereocenters. The number of fused-ring (bicyclic) bond motifs is 1. The van der Waals surface area contributed by atoms with E-state index in [4.69, 9.17) is 0 Å². The molecule has 10 heteroatoms. The van der Waals surface area contributed by atoms with Crippen molar-refractivity contribution in [3.63, 3.8) is 0 Å². The van der Waals surface area contributed by atoms with Crippen LogP contribution >= 0.6 is 0 Å². The van der Waals surface area contributed by atoms with Gasteiger partial charge in [-0.2, -0.15) is 5.26 Å². The van der Waals surface area contributed by atoms with Crippen molar-refractivity contribution in [2.75, 3.05) is 44.7 Å². The number of likely N-dealkylation sites (tertiary alicyclic amines) is 1. The Hall–Kier alpha value is -3.55. The summed E-state index contributed by atoms with van der Waals surface area (Å²) in [7, 11) is 1.97. The van der Waals surface area contributed by atoms with Crippen molar-refractivity contribution in [3.8, 4) is 23.1 Å². The first-order valence-electron chi connectivity index (χ1n) is 11.7. The number of aromatic hydroxyl groups is 1. The molecular weight excluding hydrogens is 454 g/mol. The van der Waals surface area contributed by atoms with Crippen LogP contribution < -0.4 is 15.8 Å². The quantitative estimate of drug-likeness (QED) is 0.592. The largest absolute Gasteiger partial charge is 0.507 e. The zero-order chi connectivity index (χ0) is 24.7. The second-order valence-corrected chi connectivity index (χ2v) is 9.09. The molecule has 0 aliphatic carbocycles. The minimum atomic E-state index is -0.846. The molecule has 3 aromatic rings. The zero-order valence-corrected chi connectivity index (χ0v) is 19.4. The fraction of sp³-hybridized carbons (Fsp3) is 0.400. The zero-order valence-electron chi connectivity index (χ0n) is 19.4. The summed E-state index contributed by atoms with van der Waals surface area (Å²) in [6.07, 6.45) is 1.85. The van der Waals surface area contributed by atoms with E-state index in [9.17, 15) is 19.6 Å². The van der Waals surface area contributed by atoms with Gasteiger partial charge in [0.2, 0.25) is 0 Å². The number of pyridine rings is 2. The monoisotopic (exact) mass is 480 g/mol. The topological polar surface area (TPSA) is 97.4 Å². The summed E-state index contributed by atoms with van der Waals surface area (Å²) >= 11 is 0. The molecule has 0 unspecified atom stereocenters. The van der Waals surface area contributed by atoms with E-state index in [0.29, 0.717) is 37.3 Å². The van der Waals surface area contributed by atoms with Crippen molar-refractivity contribution < 1.29 is 13.9 Å². The van der Waals surface area contributed by atoms with Gasteiger partial charge in [-0.15, -0.1) is 0 Å². The van der Waals surface area contributed by atoms with Gasteiger partial charge in [0.1, 0.15) is 34.5 Å². The molecule has 8 nitrogen and oxygen atoms in total. The predicted molar refractivity (Wildman–Crippen MR) is 128 cm³/mol. The van der Waals surface area contributed by atoms with Gasteiger partial charge in [-0.3, -0.25) is 9.36 Å². The summed E-state index contributed by atoms with van der Waals surface area (Å²) in [5, 5.41) is 23.8. The van der Waals surface area contributed by atoms with E-state index in [1.165, 1.54) is 22.8 Å². The lowest BCUT2D eigenvalue weighted by atomic mass is 10.0. The predicted octanol–water partition coefficient (Wildman–Crippen LogP) is 2.42. The highest BCUT2D eigenvalue weighted by molar-refractivity contribution is 5.94. The Morgan fingerprint density at radius 3 is 2.66 bits per heavy atom. The average Bonchev–Trinajstić information content (AvgIpc) is 3.25. The van der Waals surface area contributed by atoms with Crippen molar-refractivity contribution in [1.82, 2.24) is 19.8 Å². The second kappa shape index (κ2) is 9.24. The first-order chi connectivity index (χ1) is 16.9. The molecule has 2 N–H and O–H groups in total. The maximum atomic E-state index is 15.5. The number of benzene rings is 1.